The van der Waals surface area contributed by atoms with E-state index in [9.17, 15) is 13.2 Å². The first-order valence-corrected chi connectivity index (χ1v) is 9.93. The Morgan fingerprint density at radius 1 is 1.12 bits per heavy atom. The van der Waals surface area contributed by atoms with Crippen molar-refractivity contribution in [1.82, 2.24) is 34.5 Å². The molecule has 0 amide bonds. The van der Waals surface area contributed by atoms with Gasteiger partial charge in [0.1, 0.15) is 17.6 Å². The van der Waals surface area contributed by atoms with Gasteiger partial charge >= 0.3 is 6.18 Å². The van der Waals surface area contributed by atoms with Crippen LogP contribution in [0.1, 0.15) is 30.0 Å². The standard InChI is InChI=1S/C20H19F3N8O/c1-11-8-30(9-15(32-11)13-5-27-29-12(13)2)17-3-4-24-19(28-17)14-6-26-18-7-25-16(10-31(14)18)20(21,22)23/h3-7,10-11,15H,8-9H2,1-2H3,(H,27,29)/t11-,15+/m0/s1. The molecule has 5 heterocycles. The molecule has 32 heavy (non-hydrogen) atoms. The van der Waals surface area contributed by atoms with Gasteiger partial charge in [-0.15, -0.1) is 0 Å². The second-order valence-corrected chi connectivity index (χ2v) is 7.67. The van der Waals surface area contributed by atoms with Crippen molar-refractivity contribution < 1.29 is 17.9 Å². The number of nitrogens with zero attached hydrogens (tertiary/aromatic N) is 7. The molecule has 12 heteroatoms. The van der Waals surface area contributed by atoms with Gasteiger partial charge in [0.25, 0.3) is 0 Å². The molecule has 0 spiro atoms. The van der Waals surface area contributed by atoms with E-state index in [1.54, 1.807) is 18.5 Å². The molecule has 0 radical (unpaired) electrons. The van der Waals surface area contributed by atoms with Gasteiger partial charge in [-0.2, -0.15) is 18.3 Å². The Labute approximate surface area is 180 Å². The lowest BCUT2D eigenvalue weighted by Gasteiger charge is -2.37. The average molecular weight is 444 g/mol. The average Bonchev–Trinajstić information content (AvgIpc) is 3.38. The molecule has 0 saturated carbocycles. The first-order valence-electron chi connectivity index (χ1n) is 9.93. The number of aromatic amines is 1. The molecule has 1 saturated heterocycles. The highest BCUT2D eigenvalue weighted by molar-refractivity contribution is 5.58. The zero-order chi connectivity index (χ0) is 22.5. The van der Waals surface area contributed by atoms with E-state index in [0.29, 0.717) is 24.6 Å². The Hall–Kier alpha value is -3.54. The molecular formula is C20H19F3N8O. The molecule has 1 N–H and O–H groups in total. The number of hydrogen-bond acceptors (Lipinski definition) is 7. The van der Waals surface area contributed by atoms with Crippen LogP contribution in [0.2, 0.25) is 0 Å². The molecule has 0 aromatic carbocycles. The third kappa shape index (κ3) is 3.66. The van der Waals surface area contributed by atoms with Gasteiger partial charge in [-0.1, -0.05) is 0 Å². The van der Waals surface area contributed by atoms with Crippen molar-refractivity contribution in [2.24, 2.45) is 0 Å². The normalized spacial score (nSPS) is 19.6. The third-order valence-corrected chi connectivity index (χ3v) is 5.36. The van der Waals surface area contributed by atoms with Gasteiger partial charge in [0.15, 0.2) is 17.2 Å². The predicted molar refractivity (Wildman–Crippen MR) is 108 cm³/mol. The van der Waals surface area contributed by atoms with Crippen molar-refractivity contribution in [3.63, 3.8) is 0 Å². The molecule has 1 aliphatic rings. The second kappa shape index (κ2) is 7.55. The highest BCUT2D eigenvalue weighted by Gasteiger charge is 2.33. The maximum atomic E-state index is 13.1. The molecule has 4 aromatic rings. The van der Waals surface area contributed by atoms with Crippen LogP contribution in [0, 0.1) is 6.92 Å². The van der Waals surface area contributed by atoms with Crippen LogP contribution in [0.5, 0.6) is 0 Å². The number of anilines is 1. The number of rotatable bonds is 3. The predicted octanol–water partition coefficient (Wildman–Crippen LogP) is 3.20. The molecule has 166 valence electrons. The van der Waals surface area contributed by atoms with Gasteiger partial charge in [0.05, 0.1) is 31.2 Å². The summed E-state index contributed by atoms with van der Waals surface area (Å²) >= 11 is 0. The van der Waals surface area contributed by atoms with Crippen LogP contribution < -0.4 is 4.90 Å². The zero-order valence-corrected chi connectivity index (χ0v) is 17.2. The summed E-state index contributed by atoms with van der Waals surface area (Å²) in [6.07, 6.45) is 1.95. The minimum absolute atomic E-state index is 0.0577. The quantitative estimate of drug-likeness (QED) is 0.518. The van der Waals surface area contributed by atoms with Crippen LogP contribution >= 0.6 is 0 Å². The number of fused-ring (bicyclic) bond motifs is 1. The molecular weight excluding hydrogens is 425 g/mol. The fourth-order valence-electron chi connectivity index (χ4n) is 3.84. The number of imidazole rings is 1. The molecule has 2 atom stereocenters. The minimum Gasteiger partial charge on any atom is -0.367 e. The van der Waals surface area contributed by atoms with E-state index in [1.165, 1.54) is 10.6 Å². The van der Waals surface area contributed by atoms with Gasteiger partial charge in [-0.25, -0.2) is 19.9 Å². The molecule has 9 nitrogen and oxygen atoms in total. The van der Waals surface area contributed by atoms with Gasteiger partial charge < -0.3 is 9.64 Å². The monoisotopic (exact) mass is 444 g/mol. The van der Waals surface area contributed by atoms with E-state index in [2.05, 4.69) is 35.0 Å². The van der Waals surface area contributed by atoms with E-state index < -0.39 is 11.9 Å². The highest BCUT2D eigenvalue weighted by Crippen LogP contribution is 2.31. The first kappa shape index (κ1) is 20.4. The number of hydrogen-bond donors (Lipinski definition) is 1. The minimum atomic E-state index is -4.57. The van der Waals surface area contributed by atoms with Crippen LogP contribution in [0.25, 0.3) is 17.2 Å². The summed E-state index contributed by atoms with van der Waals surface area (Å²) in [6, 6.07) is 1.77. The Morgan fingerprint density at radius 2 is 1.97 bits per heavy atom. The lowest BCUT2D eigenvalue weighted by Crippen LogP contribution is -2.43. The molecule has 0 unspecified atom stereocenters. The van der Waals surface area contributed by atoms with E-state index in [-0.39, 0.29) is 23.7 Å². The fourth-order valence-corrected chi connectivity index (χ4v) is 3.84. The van der Waals surface area contributed by atoms with Crippen molar-refractivity contribution in [3.8, 4) is 11.5 Å². The number of aryl methyl sites for hydroxylation is 1. The summed E-state index contributed by atoms with van der Waals surface area (Å²) in [5.74, 6) is 0.917. The van der Waals surface area contributed by atoms with Crippen molar-refractivity contribution in [2.45, 2.75) is 32.2 Å². The van der Waals surface area contributed by atoms with Crippen molar-refractivity contribution in [1.29, 1.82) is 0 Å². The topological polar surface area (TPSA) is 97.1 Å². The number of morpholine rings is 1. The van der Waals surface area contributed by atoms with Gasteiger partial charge in [0, 0.05) is 30.2 Å². The first-order chi connectivity index (χ1) is 15.3. The number of nitrogens with one attached hydrogen (secondary N) is 1. The molecule has 0 aliphatic carbocycles. The number of alkyl halides is 3. The maximum Gasteiger partial charge on any atom is 0.434 e. The molecule has 5 rings (SSSR count). The molecule has 4 aromatic heterocycles. The van der Waals surface area contributed by atoms with E-state index in [1.807, 2.05) is 13.8 Å². The summed E-state index contributed by atoms with van der Waals surface area (Å²) in [7, 11) is 0. The molecule has 1 fully saturated rings. The van der Waals surface area contributed by atoms with Crippen molar-refractivity contribution >= 4 is 11.5 Å². The second-order valence-electron chi connectivity index (χ2n) is 7.67. The number of ether oxygens (including phenoxy) is 1. The number of aromatic nitrogens is 7. The van der Waals surface area contributed by atoms with Crippen LogP contribution in [0.15, 0.2) is 37.1 Å². The van der Waals surface area contributed by atoms with Crippen LogP contribution in [-0.2, 0) is 10.9 Å². The third-order valence-electron chi connectivity index (χ3n) is 5.36. The molecule has 0 bridgehead atoms. The largest absolute Gasteiger partial charge is 0.434 e. The summed E-state index contributed by atoms with van der Waals surface area (Å²) in [6.45, 7) is 5.08. The Bertz CT molecular complexity index is 1270. The smallest absolute Gasteiger partial charge is 0.367 e. The Morgan fingerprint density at radius 3 is 2.72 bits per heavy atom. The van der Waals surface area contributed by atoms with Crippen LogP contribution in [-0.4, -0.2) is 53.7 Å². The van der Waals surface area contributed by atoms with Crippen molar-refractivity contribution in [3.05, 3.63) is 54.0 Å². The number of H-pyrrole nitrogens is 1. The highest BCUT2D eigenvalue weighted by atomic mass is 19.4. The van der Waals surface area contributed by atoms with Gasteiger partial charge in [-0.3, -0.25) is 9.50 Å². The Kier molecular flexibility index (Phi) is 4.81. The fraction of sp³-hybridized carbons (Fsp3) is 0.350. The Balaban J connectivity index is 1.49. The van der Waals surface area contributed by atoms with Crippen molar-refractivity contribution in [2.75, 3.05) is 18.0 Å². The summed E-state index contributed by atoms with van der Waals surface area (Å²) in [5.41, 5.74) is 1.52. The maximum absolute atomic E-state index is 13.1. The number of halogens is 3. The van der Waals surface area contributed by atoms with Gasteiger partial charge in [0.2, 0.25) is 0 Å². The van der Waals surface area contributed by atoms with Crippen LogP contribution in [0.3, 0.4) is 0 Å². The van der Waals surface area contributed by atoms with E-state index >= 15 is 0 Å². The van der Waals surface area contributed by atoms with Crippen LogP contribution in [0.4, 0.5) is 19.0 Å². The molecule has 1 aliphatic heterocycles. The van der Waals surface area contributed by atoms with E-state index in [0.717, 1.165) is 23.7 Å². The summed E-state index contributed by atoms with van der Waals surface area (Å²) in [5, 5.41) is 7.00. The lowest BCUT2D eigenvalue weighted by atomic mass is 10.1. The summed E-state index contributed by atoms with van der Waals surface area (Å²) in [4.78, 5) is 18.6. The SMILES string of the molecule is Cc1[nH]ncc1[C@H]1CN(c2ccnc(-c3cnc4cnc(C(F)(F)F)cn34)n2)C[C@H](C)O1. The zero-order valence-electron chi connectivity index (χ0n) is 17.2. The summed E-state index contributed by atoms with van der Waals surface area (Å²) < 4.78 is 46.8. The van der Waals surface area contributed by atoms with E-state index in [4.69, 9.17) is 4.74 Å². The lowest BCUT2D eigenvalue weighted by molar-refractivity contribution is -0.141. The van der Waals surface area contributed by atoms with Gasteiger partial charge in [-0.05, 0) is 19.9 Å².